The summed E-state index contributed by atoms with van der Waals surface area (Å²) in [6.07, 6.45) is 0. The first-order valence-electron chi connectivity index (χ1n) is 8.23. The van der Waals surface area contributed by atoms with Gasteiger partial charge in [-0.3, -0.25) is 4.90 Å². The van der Waals surface area contributed by atoms with Crippen molar-refractivity contribution in [2.24, 2.45) is 0 Å². The lowest BCUT2D eigenvalue weighted by atomic mass is 9.93. The van der Waals surface area contributed by atoms with Crippen LogP contribution in [0.25, 0.3) is 0 Å². The smallest absolute Gasteiger partial charge is 0.387 e. The highest BCUT2D eigenvalue weighted by molar-refractivity contribution is 6.30. The number of halogens is 3. The van der Waals surface area contributed by atoms with Crippen molar-refractivity contribution in [1.82, 2.24) is 10.2 Å². The zero-order valence-electron chi connectivity index (χ0n) is 14.0. The molecule has 2 unspecified atom stereocenters. The first kappa shape index (κ1) is 18.1. The van der Waals surface area contributed by atoms with Crippen molar-refractivity contribution in [2.75, 3.05) is 20.1 Å². The van der Waals surface area contributed by atoms with Gasteiger partial charge >= 0.3 is 6.61 Å². The lowest BCUT2D eigenvalue weighted by Crippen LogP contribution is -2.36. The van der Waals surface area contributed by atoms with Crippen molar-refractivity contribution in [1.29, 1.82) is 0 Å². The van der Waals surface area contributed by atoms with E-state index in [-0.39, 0.29) is 5.75 Å². The molecule has 0 radical (unpaired) electrons. The minimum atomic E-state index is -2.79. The van der Waals surface area contributed by atoms with E-state index in [9.17, 15) is 8.78 Å². The zero-order valence-corrected chi connectivity index (χ0v) is 14.7. The quantitative estimate of drug-likeness (QED) is 0.832. The van der Waals surface area contributed by atoms with Gasteiger partial charge in [-0.1, -0.05) is 35.9 Å². The summed E-state index contributed by atoms with van der Waals surface area (Å²) in [6.45, 7) is -0.210. The predicted octanol–water partition coefficient (Wildman–Crippen LogP) is 4.13. The van der Waals surface area contributed by atoms with E-state index in [1.54, 1.807) is 12.1 Å². The number of rotatable bonds is 6. The van der Waals surface area contributed by atoms with Crippen LogP contribution < -0.4 is 10.1 Å². The summed E-state index contributed by atoms with van der Waals surface area (Å²) in [5.41, 5.74) is 2.33. The van der Waals surface area contributed by atoms with Gasteiger partial charge < -0.3 is 10.1 Å². The van der Waals surface area contributed by atoms with Gasteiger partial charge in [0.15, 0.2) is 0 Å². The van der Waals surface area contributed by atoms with Crippen molar-refractivity contribution >= 4 is 11.6 Å². The van der Waals surface area contributed by atoms with E-state index in [0.29, 0.717) is 12.0 Å². The molecule has 2 atom stereocenters. The van der Waals surface area contributed by atoms with Gasteiger partial charge in [0.2, 0.25) is 0 Å². The Balaban J connectivity index is 1.65. The van der Waals surface area contributed by atoms with E-state index in [4.69, 9.17) is 11.6 Å². The fourth-order valence-corrected chi connectivity index (χ4v) is 3.49. The fraction of sp³-hybridized carbons (Fsp3) is 0.368. The third-order valence-electron chi connectivity index (χ3n) is 4.63. The van der Waals surface area contributed by atoms with Gasteiger partial charge in [-0.05, 0) is 42.4 Å². The Hall–Kier alpha value is -1.69. The Morgan fingerprint density at radius 3 is 2.44 bits per heavy atom. The number of likely N-dealkylation sites (N-methyl/N-ethyl adjacent to an activating group) is 1. The SMILES string of the molecule is CN(Cc1ccc(OC(F)F)cc1)C1CNCC1c1ccc(Cl)cc1. The van der Waals surface area contributed by atoms with Gasteiger partial charge in [-0.2, -0.15) is 8.78 Å². The molecular formula is C19H21ClF2N2O. The van der Waals surface area contributed by atoms with Crippen molar-refractivity contribution in [3.63, 3.8) is 0 Å². The fourth-order valence-electron chi connectivity index (χ4n) is 3.36. The molecule has 0 saturated carbocycles. The van der Waals surface area contributed by atoms with Crippen LogP contribution >= 0.6 is 11.6 Å². The number of hydrogen-bond donors (Lipinski definition) is 1. The number of hydrogen-bond acceptors (Lipinski definition) is 3. The average Bonchev–Trinajstić information content (AvgIpc) is 3.06. The Bertz CT molecular complexity index is 679. The second-order valence-electron chi connectivity index (χ2n) is 6.32. The van der Waals surface area contributed by atoms with Crippen molar-refractivity contribution < 1.29 is 13.5 Å². The van der Waals surface area contributed by atoms with Crippen molar-refractivity contribution in [3.8, 4) is 5.75 Å². The molecule has 0 aromatic heterocycles. The minimum Gasteiger partial charge on any atom is -0.435 e. The van der Waals surface area contributed by atoms with Gasteiger partial charge in [0.05, 0.1) is 0 Å². The molecule has 2 aromatic carbocycles. The monoisotopic (exact) mass is 366 g/mol. The highest BCUT2D eigenvalue weighted by Crippen LogP contribution is 2.28. The van der Waals surface area contributed by atoms with E-state index in [1.807, 2.05) is 24.3 Å². The third-order valence-corrected chi connectivity index (χ3v) is 4.88. The summed E-state index contributed by atoms with van der Waals surface area (Å²) in [5, 5.41) is 4.20. The van der Waals surface area contributed by atoms with Crippen LogP contribution in [0.3, 0.4) is 0 Å². The summed E-state index contributed by atoms with van der Waals surface area (Å²) in [4.78, 5) is 2.29. The molecule has 0 spiro atoms. The largest absolute Gasteiger partial charge is 0.435 e. The van der Waals surface area contributed by atoms with Crippen molar-refractivity contribution in [3.05, 3.63) is 64.7 Å². The predicted molar refractivity (Wildman–Crippen MR) is 95.4 cm³/mol. The molecule has 1 saturated heterocycles. The normalized spacial score (nSPS) is 20.4. The molecule has 0 amide bonds. The first-order valence-corrected chi connectivity index (χ1v) is 8.61. The first-order chi connectivity index (χ1) is 12.0. The highest BCUT2D eigenvalue weighted by Gasteiger charge is 2.31. The minimum absolute atomic E-state index is 0.183. The molecule has 3 nitrogen and oxygen atoms in total. The maximum absolute atomic E-state index is 12.2. The average molecular weight is 367 g/mol. The molecule has 0 aliphatic carbocycles. The second kappa shape index (κ2) is 8.13. The van der Waals surface area contributed by atoms with Crippen LogP contribution in [-0.2, 0) is 6.54 Å². The molecule has 134 valence electrons. The number of alkyl halides is 2. The third kappa shape index (κ3) is 4.69. The van der Waals surface area contributed by atoms with Gasteiger partial charge in [0.1, 0.15) is 5.75 Å². The van der Waals surface area contributed by atoms with E-state index in [0.717, 1.165) is 30.2 Å². The molecule has 3 rings (SSSR count). The zero-order chi connectivity index (χ0) is 17.8. The maximum Gasteiger partial charge on any atom is 0.387 e. The van der Waals surface area contributed by atoms with Crippen LogP contribution in [-0.4, -0.2) is 37.7 Å². The van der Waals surface area contributed by atoms with Crippen LogP contribution in [0.1, 0.15) is 17.0 Å². The molecule has 1 N–H and O–H groups in total. The van der Waals surface area contributed by atoms with E-state index < -0.39 is 6.61 Å². The standard InChI is InChI=1S/C19H21ClF2N2O/c1-24(12-13-2-8-16(9-3-13)25-19(21)22)18-11-23-10-17(18)14-4-6-15(20)7-5-14/h2-9,17-19,23H,10-12H2,1H3. The van der Waals surface area contributed by atoms with E-state index in [1.165, 1.54) is 5.56 Å². The molecule has 1 aliphatic rings. The van der Waals surface area contributed by atoms with E-state index in [2.05, 4.69) is 34.1 Å². The number of ether oxygens (including phenoxy) is 1. The van der Waals surface area contributed by atoms with Gasteiger partial charge in [0, 0.05) is 36.6 Å². The van der Waals surface area contributed by atoms with E-state index >= 15 is 0 Å². The maximum atomic E-state index is 12.2. The molecule has 1 fully saturated rings. The summed E-state index contributed by atoms with van der Waals surface area (Å²) in [7, 11) is 2.09. The number of nitrogens with zero attached hydrogens (tertiary/aromatic N) is 1. The Kier molecular flexibility index (Phi) is 5.89. The topological polar surface area (TPSA) is 24.5 Å². The molecule has 25 heavy (non-hydrogen) atoms. The lowest BCUT2D eigenvalue weighted by Gasteiger charge is -2.29. The Morgan fingerprint density at radius 1 is 1.12 bits per heavy atom. The number of benzene rings is 2. The summed E-state index contributed by atoms with van der Waals surface area (Å²) in [6, 6.07) is 15.2. The van der Waals surface area contributed by atoms with Gasteiger partial charge in [-0.15, -0.1) is 0 Å². The lowest BCUT2D eigenvalue weighted by molar-refractivity contribution is -0.0498. The second-order valence-corrected chi connectivity index (χ2v) is 6.76. The van der Waals surface area contributed by atoms with Crippen LogP contribution in [0, 0.1) is 0 Å². The van der Waals surface area contributed by atoms with Gasteiger partial charge in [0.25, 0.3) is 0 Å². The summed E-state index contributed by atoms with van der Waals surface area (Å²) in [5.74, 6) is 0.576. The molecule has 2 aromatic rings. The summed E-state index contributed by atoms with van der Waals surface area (Å²) < 4.78 is 28.8. The molecule has 1 aliphatic heterocycles. The molecule has 1 heterocycles. The van der Waals surface area contributed by atoms with Crippen LogP contribution in [0.15, 0.2) is 48.5 Å². The number of nitrogens with one attached hydrogen (secondary N) is 1. The molecular weight excluding hydrogens is 346 g/mol. The molecule has 0 bridgehead atoms. The van der Waals surface area contributed by atoms with Crippen molar-refractivity contribution in [2.45, 2.75) is 25.1 Å². The Morgan fingerprint density at radius 2 is 1.80 bits per heavy atom. The summed E-state index contributed by atoms with van der Waals surface area (Å²) >= 11 is 5.99. The Labute approximate surface area is 151 Å². The van der Waals surface area contributed by atoms with Crippen LogP contribution in [0.5, 0.6) is 5.75 Å². The van der Waals surface area contributed by atoms with Gasteiger partial charge in [-0.25, -0.2) is 0 Å². The highest BCUT2D eigenvalue weighted by atomic mass is 35.5. The molecule has 6 heteroatoms. The van der Waals surface area contributed by atoms with Crippen LogP contribution in [0.4, 0.5) is 8.78 Å². The van der Waals surface area contributed by atoms with Crippen LogP contribution in [0.2, 0.25) is 5.02 Å².